The summed E-state index contributed by atoms with van der Waals surface area (Å²) < 4.78 is 81.4. The van der Waals surface area contributed by atoms with Gasteiger partial charge in [-0.2, -0.15) is 26.3 Å². The van der Waals surface area contributed by atoms with Crippen LogP contribution in [-0.2, 0) is 33.0 Å². The number of imidazole rings is 2. The number of thiazole rings is 2. The third-order valence-electron chi connectivity index (χ3n) is 9.13. The topological polar surface area (TPSA) is 229 Å². The minimum atomic E-state index is -4.66. The monoisotopic (exact) mass is 1000 g/mol. The molecule has 0 saturated heterocycles. The Hall–Kier alpha value is -7.16. The van der Waals surface area contributed by atoms with E-state index >= 15 is 0 Å². The fourth-order valence-electron chi connectivity index (χ4n) is 5.91. The lowest BCUT2D eigenvalue weighted by atomic mass is 10.2. The number of fused-ring (bicyclic) bond motifs is 2. The van der Waals surface area contributed by atoms with Crippen molar-refractivity contribution in [3.63, 3.8) is 0 Å². The van der Waals surface area contributed by atoms with E-state index in [1.165, 1.54) is 49.8 Å². The number of nitrogens with zero attached hydrogens (tertiary/aromatic N) is 10. The van der Waals surface area contributed by atoms with Crippen molar-refractivity contribution in [1.29, 1.82) is 0 Å². The van der Waals surface area contributed by atoms with E-state index in [2.05, 4.69) is 61.1 Å². The van der Waals surface area contributed by atoms with Crippen LogP contribution in [0.25, 0.3) is 22.3 Å². The summed E-state index contributed by atoms with van der Waals surface area (Å²) in [7, 11) is 3.48. The van der Waals surface area contributed by atoms with Crippen LogP contribution in [0, 0.1) is 0 Å². The number of nitrogens with one attached hydrogen (secondary N) is 4. The Morgan fingerprint density at radius 3 is 1.63 bits per heavy atom. The van der Waals surface area contributed by atoms with E-state index in [1.807, 2.05) is 0 Å². The maximum atomic E-state index is 13.0. The number of halogens is 8. The first-order valence-corrected chi connectivity index (χ1v) is 21.2. The van der Waals surface area contributed by atoms with Crippen LogP contribution in [0.5, 0.6) is 0 Å². The SMILES string of the molecule is C[C@H](NC(=O)c1ncnc2c1ncn2C)c1ncc(C(=O)Nc2ccc(Cl)c(C(F)(F)F)c2)s1.Cn1cnc2c(C(=O)NCc3ncc(C(=O)Nc4ccc(Cl)c(C(F)(F)F)c4)s3)ncnc21. The van der Waals surface area contributed by atoms with Crippen LogP contribution < -0.4 is 21.3 Å². The fourth-order valence-corrected chi connectivity index (χ4v) is 7.92. The molecule has 0 bridgehead atoms. The summed E-state index contributed by atoms with van der Waals surface area (Å²) in [6.45, 7) is 1.68. The molecule has 4 N–H and O–H groups in total. The van der Waals surface area contributed by atoms with Crippen LogP contribution in [-0.4, -0.2) is 72.6 Å². The van der Waals surface area contributed by atoms with Gasteiger partial charge in [0.05, 0.1) is 58.8 Å². The van der Waals surface area contributed by atoms with Gasteiger partial charge in [-0.05, 0) is 43.3 Å². The highest BCUT2D eigenvalue weighted by Crippen LogP contribution is 2.37. The highest BCUT2D eigenvalue weighted by atomic mass is 35.5. The Morgan fingerprint density at radius 1 is 0.642 bits per heavy atom. The van der Waals surface area contributed by atoms with Gasteiger partial charge >= 0.3 is 12.4 Å². The van der Waals surface area contributed by atoms with E-state index in [0.29, 0.717) is 32.3 Å². The summed E-state index contributed by atoms with van der Waals surface area (Å²) >= 11 is 13.2. The second kappa shape index (κ2) is 19.4. The van der Waals surface area contributed by atoms with Crippen molar-refractivity contribution in [3.8, 4) is 0 Å². The first-order valence-electron chi connectivity index (χ1n) is 18.8. The lowest BCUT2D eigenvalue weighted by Crippen LogP contribution is -2.27. The first-order chi connectivity index (χ1) is 31.7. The highest BCUT2D eigenvalue weighted by Gasteiger charge is 2.35. The Labute approximate surface area is 389 Å². The van der Waals surface area contributed by atoms with Gasteiger partial charge in [0.25, 0.3) is 23.6 Å². The number of benzene rings is 2. The molecule has 6 heterocycles. The standard InChI is InChI=1S/C20H15ClF3N7O2S.C19H13ClF3N7O2S/c1-9(29-18(33)15-14-16(27-7-26-15)31(2)8-28-14)19-25-6-13(34-19)17(32)30-10-3-4-12(21)11(5-10)20(22,23)24;1-30-8-28-14-15(26-7-27-16(14)30)18(32)25-6-13-24-5-12(33-13)17(31)29-9-2-3-11(20)10(4-9)19(21,22)23/h3-9H,1-2H3,(H,29,33)(H,30,32);2-5,7-8H,6H2,1H3,(H,25,32)(H,29,31)/t9-;/m0./s1. The van der Waals surface area contributed by atoms with Gasteiger partial charge in [-0.15, -0.1) is 22.7 Å². The molecule has 28 heteroatoms. The molecule has 0 unspecified atom stereocenters. The molecule has 2 aromatic carbocycles. The summed E-state index contributed by atoms with van der Waals surface area (Å²) in [6.07, 6.45) is -1.22. The van der Waals surface area contributed by atoms with Gasteiger partial charge in [-0.25, -0.2) is 39.9 Å². The number of carbonyl (C=O) groups is 4. The number of hydrogen-bond donors (Lipinski definition) is 4. The van der Waals surface area contributed by atoms with Gasteiger partial charge in [0.2, 0.25) is 0 Å². The zero-order valence-corrected chi connectivity index (χ0v) is 37.3. The molecule has 4 amide bonds. The molecule has 0 aliphatic carbocycles. The average Bonchev–Trinajstić information content (AvgIpc) is 4.11. The molecule has 0 fully saturated rings. The molecular weight excluding hydrogens is 978 g/mol. The average molecular weight is 1010 g/mol. The van der Waals surface area contributed by atoms with Crippen LogP contribution in [0.3, 0.4) is 0 Å². The highest BCUT2D eigenvalue weighted by molar-refractivity contribution is 7.14. The van der Waals surface area contributed by atoms with E-state index in [0.717, 1.165) is 46.9 Å². The third kappa shape index (κ3) is 10.9. The number of alkyl halides is 6. The molecule has 0 aliphatic rings. The zero-order chi connectivity index (χ0) is 48.4. The van der Waals surface area contributed by atoms with Gasteiger partial charge in [0.1, 0.15) is 43.5 Å². The van der Waals surface area contributed by atoms with E-state index in [4.69, 9.17) is 23.2 Å². The van der Waals surface area contributed by atoms with E-state index < -0.39 is 63.2 Å². The molecule has 8 rings (SSSR count). The first kappa shape index (κ1) is 47.8. The lowest BCUT2D eigenvalue weighted by molar-refractivity contribution is -0.138. The molecule has 8 aromatic rings. The van der Waals surface area contributed by atoms with Crippen molar-refractivity contribution >= 4 is 103 Å². The largest absolute Gasteiger partial charge is 0.417 e. The minimum Gasteiger partial charge on any atom is -0.344 e. The molecule has 0 aliphatic heterocycles. The van der Waals surface area contributed by atoms with Crippen LogP contribution in [0.15, 0.2) is 74.1 Å². The normalized spacial score (nSPS) is 12.0. The van der Waals surface area contributed by atoms with Gasteiger partial charge in [-0.3, -0.25) is 19.2 Å². The maximum Gasteiger partial charge on any atom is 0.417 e. The number of amides is 4. The number of aryl methyl sites for hydroxylation is 2. The van der Waals surface area contributed by atoms with Crippen LogP contribution in [0.1, 0.15) is 74.4 Å². The Bertz CT molecular complexity index is 3190. The number of rotatable bonds is 10. The molecule has 346 valence electrons. The van der Waals surface area contributed by atoms with Crippen molar-refractivity contribution in [2.75, 3.05) is 10.6 Å². The summed E-state index contributed by atoms with van der Waals surface area (Å²) in [6, 6.07) is 5.56. The zero-order valence-electron chi connectivity index (χ0n) is 34.2. The van der Waals surface area contributed by atoms with Crippen LogP contribution >= 0.6 is 45.9 Å². The Morgan fingerprint density at radius 2 is 1.12 bits per heavy atom. The summed E-state index contributed by atoms with van der Waals surface area (Å²) in [5.41, 5.74) is -0.372. The molecule has 6 aromatic heterocycles. The Balaban J connectivity index is 0.000000199. The van der Waals surface area contributed by atoms with Crippen LogP contribution in [0.2, 0.25) is 10.0 Å². The Kier molecular flexibility index (Phi) is 13.8. The second-order valence-corrected chi connectivity index (χ2v) is 16.8. The molecule has 0 saturated carbocycles. The van der Waals surface area contributed by atoms with Crippen molar-refractivity contribution in [1.82, 2.24) is 59.6 Å². The van der Waals surface area contributed by atoms with Crippen molar-refractivity contribution in [3.05, 3.63) is 126 Å². The molecular formula is C39H28Cl2F6N14O4S2. The molecule has 1 atom stereocenters. The summed E-state index contributed by atoms with van der Waals surface area (Å²) in [5, 5.41) is 10.1. The van der Waals surface area contributed by atoms with Crippen molar-refractivity contribution in [2.45, 2.75) is 31.9 Å². The summed E-state index contributed by atoms with van der Waals surface area (Å²) in [5.74, 6) is -2.29. The molecule has 0 radical (unpaired) electrons. The second-order valence-electron chi connectivity index (χ2n) is 13.9. The smallest absolute Gasteiger partial charge is 0.344 e. The van der Waals surface area contributed by atoms with Gasteiger partial charge in [0.15, 0.2) is 22.7 Å². The quantitative estimate of drug-likeness (QED) is 0.0959. The summed E-state index contributed by atoms with van der Waals surface area (Å²) in [4.78, 5) is 83.1. The van der Waals surface area contributed by atoms with Crippen molar-refractivity contribution < 1.29 is 45.5 Å². The molecule has 0 spiro atoms. The van der Waals surface area contributed by atoms with Crippen LogP contribution in [0.4, 0.5) is 37.7 Å². The van der Waals surface area contributed by atoms with E-state index in [9.17, 15) is 45.5 Å². The third-order valence-corrected chi connectivity index (χ3v) is 12.0. The molecule has 18 nitrogen and oxygen atoms in total. The van der Waals surface area contributed by atoms with Crippen molar-refractivity contribution in [2.24, 2.45) is 14.1 Å². The minimum absolute atomic E-state index is 0.00821. The lowest BCUT2D eigenvalue weighted by Gasteiger charge is -2.11. The number of anilines is 2. The maximum absolute atomic E-state index is 13.0. The number of aromatic nitrogens is 10. The predicted molar refractivity (Wildman–Crippen MR) is 233 cm³/mol. The fraction of sp³-hybridized carbons (Fsp3) is 0.179. The van der Waals surface area contributed by atoms with Gasteiger partial charge in [-0.1, -0.05) is 23.2 Å². The van der Waals surface area contributed by atoms with Gasteiger partial charge < -0.3 is 30.4 Å². The van der Waals surface area contributed by atoms with E-state index in [-0.39, 0.29) is 39.1 Å². The van der Waals surface area contributed by atoms with E-state index in [1.54, 1.807) is 30.2 Å². The predicted octanol–water partition coefficient (Wildman–Crippen LogP) is 7.91. The number of carbonyl (C=O) groups excluding carboxylic acids is 4. The molecule has 67 heavy (non-hydrogen) atoms. The van der Waals surface area contributed by atoms with Gasteiger partial charge in [0, 0.05) is 25.5 Å². The number of hydrogen-bond acceptors (Lipinski definition) is 14.